The van der Waals surface area contributed by atoms with Crippen LogP contribution in [-0.4, -0.2) is 67.0 Å². The van der Waals surface area contributed by atoms with Gasteiger partial charge in [-0.3, -0.25) is 24.1 Å². The predicted octanol–water partition coefficient (Wildman–Crippen LogP) is 2.71. The normalized spacial score (nSPS) is 12.7. The third-order valence-electron chi connectivity index (χ3n) is 5.42. The van der Waals surface area contributed by atoms with E-state index in [1.165, 1.54) is 18.2 Å². The quantitative estimate of drug-likeness (QED) is 0.320. The summed E-state index contributed by atoms with van der Waals surface area (Å²) in [5.74, 6) is -1.67. The molecule has 0 fully saturated rings. The molecule has 0 aliphatic carbocycles. The van der Waals surface area contributed by atoms with Crippen molar-refractivity contribution in [1.29, 1.82) is 0 Å². The van der Waals surface area contributed by atoms with Crippen molar-refractivity contribution < 1.29 is 33.4 Å². The minimum absolute atomic E-state index is 0.159. The monoisotopic (exact) mass is 524 g/mol. The Morgan fingerprint density at radius 1 is 0.947 bits per heavy atom. The fourth-order valence-corrected chi connectivity index (χ4v) is 3.72. The summed E-state index contributed by atoms with van der Waals surface area (Å²) in [4.78, 5) is 63.0. The van der Waals surface area contributed by atoms with E-state index in [-0.39, 0.29) is 42.2 Å². The van der Waals surface area contributed by atoms with Crippen LogP contribution in [0.5, 0.6) is 0 Å². The van der Waals surface area contributed by atoms with Crippen molar-refractivity contribution in [2.45, 2.75) is 39.3 Å². The molecule has 0 radical (unpaired) electrons. The summed E-state index contributed by atoms with van der Waals surface area (Å²) in [5, 5.41) is 7.84. The summed E-state index contributed by atoms with van der Waals surface area (Å²) in [6.45, 7) is 5.73. The zero-order valence-corrected chi connectivity index (χ0v) is 21.9. The van der Waals surface area contributed by atoms with Gasteiger partial charge in [0.05, 0.1) is 11.1 Å². The second kappa shape index (κ2) is 12.3. The van der Waals surface area contributed by atoms with Crippen LogP contribution in [0.25, 0.3) is 0 Å². The minimum Gasteiger partial charge on any atom is -0.444 e. The number of methoxy groups -OCH3 is 1. The first-order chi connectivity index (χ1) is 18.0. The Hall–Kier alpha value is -4.25. The molecule has 202 valence electrons. The van der Waals surface area contributed by atoms with Crippen LogP contribution < -0.4 is 16.0 Å². The van der Waals surface area contributed by atoms with Crippen LogP contribution in [-0.2, 0) is 20.8 Å². The van der Waals surface area contributed by atoms with Crippen molar-refractivity contribution in [3.05, 3.63) is 64.7 Å². The van der Waals surface area contributed by atoms with Gasteiger partial charge in [-0.05, 0) is 63.1 Å². The van der Waals surface area contributed by atoms with E-state index in [9.17, 15) is 24.0 Å². The molecular formula is C27H32N4O7. The highest BCUT2D eigenvalue weighted by Gasteiger charge is 2.35. The molecule has 3 N–H and O–H groups in total. The van der Waals surface area contributed by atoms with E-state index in [1.807, 2.05) is 0 Å². The molecule has 1 aliphatic rings. The van der Waals surface area contributed by atoms with Gasteiger partial charge in [-0.25, -0.2) is 4.79 Å². The van der Waals surface area contributed by atoms with Gasteiger partial charge in [0.25, 0.3) is 17.7 Å². The highest BCUT2D eigenvalue weighted by molar-refractivity contribution is 6.22. The number of carbonyl (C=O) groups excluding carboxylic acids is 5. The van der Waals surface area contributed by atoms with E-state index >= 15 is 0 Å². The molecule has 0 saturated carbocycles. The summed E-state index contributed by atoms with van der Waals surface area (Å²) in [6.07, 6.45) is -0.171. The van der Waals surface area contributed by atoms with Crippen LogP contribution in [0.15, 0.2) is 42.5 Å². The number of amides is 5. The highest BCUT2D eigenvalue weighted by atomic mass is 16.6. The Morgan fingerprint density at radius 2 is 1.68 bits per heavy atom. The van der Waals surface area contributed by atoms with Gasteiger partial charge in [-0.2, -0.15) is 0 Å². The minimum atomic E-state index is -0.694. The fourth-order valence-electron chi connectivity index (χ4n) is 3.72. The van der Waals surface area contributed by atoms with Crippen LogP contribution in [0.1, 0.15) is 63.8 Å². The zero-order valence-electron chi connectivity index (χ0n) is 21.9. The number of imide groups is 1. The Balaban J connectivity index is 1.55. The molecule has 0 bridgehead atoms. The number of fused-ring (bicyclic) bond motifs is 1. The Labute approximate surface area is 220 Å². The van der Waals surface area contributed by atoms with Crippen molar-refractivity contribution >= 4 is 35.4 Å². The molecule has 38 heavy (non-hydrogen) atoms. The lowest BCUT2D eigenvalue weighted by atomic mass is 10.1. The highest BCUT2D eigenvalue weighted by Crippen LogP contribution is 2.24. The van der Waals surface area contributed by atoms with Gasteiger partial charge in [0.2, 0.25) is 5.91 Å². The Kier molecular flexibility index (Phi) is 9.19. The standard InChI is InChI=1S/C27H32N4O7/c1-27(2,3)38-26(36)29-16-22(32)30-19-8-5-7-17(13-19)15-28-23(33)18-9-10-20-21(14-18)25(35)31(24(20)34)11-6-12-37-4/h5,7-10,13-14H,6,11-12,15-16H2,1-4H3,(H,28,33)(H,29,36)(H,30,32). The van der Waals surface area contributed by atoms with Gasteiger partial charge >= 0.3 is 6.09 Å². The average molecular weight is 525 g/mol. The van der Waals surface area contributed by atoms with E-state index < -0.39 is 29.4 Å². The topological polar surface area (TPSA) is 143 Å². The molecule has 0 aromatic heterocycles. The summed E-state index contributed by atoms with van der Waals surface area (Å²) in [6, 6.07) is 11.3. The van der Waals surface area contributed by atoms with Crippen molar-refractivity contribution in [2.75, 3.05) is 32.1 Å². The average Bonchev–Trinajstić information content (AvgIpc) is 3.09. The third kappa shape index (κ3) is 7.62. The van der Waals surface area contributed by atoms with Crippen LogP contribution in [0.3, 0.4) is 0 Å². The lowest BCUT2D eigenvalue weighted by Crippen LogP contribution is -2.37. The molecule has 0 unspecified atom stereocenters. The van der Waals surface area contributed by atoms with Crippen molar-refractivity contribution in [3.63, 3.8) is 0 Å². The number of hydrogen-bond donors (Lipinski definition) is 3. The largest absolute Gasteiger partial charge is 0.444 e. The second-order valence-electron chi connectivity index (χ2n) is 9.66. The molecule has 2 aromatic carbocycles. The number of carbonyl (C=O) groups is 5. The number of ether oxygens (including phenoxy) is 2. The maximum atomic E-state index is 12.7. The van der Waals surface area contributed by atoms with Gasteiger partial charge in [-0.15, -0.1) is 0 Å². The van der Waals surface area contributed by atoms with Crippen molar-refractivity contribution in [3.8, 4) is 0 Å². The van der Waals surface area contributed by atoms with Crippen LogP contribution in [0, 0.1) is 0 Å². The Morgan fingerprint density at radius 3 is 2.39 bits per heavy atom. The predicted molar refractivity (Wildman–Crippen MR) is 139 cm³/mol. The van der Waals surface area contributed by atoms with E-state index in [0.29, 0.717) is 24.3 Å². The van der Waals surface area contributed by atoms with Gasteiger partial charge in [0.1, 0.15) is 12.1 Å². The van der Waals surface area contributed by atoms with Crippen LogP contribution >= 0.6 is 0 Å². The van der Waals surface area contributed by atoms with E-state index in [0.717, 1.165) is 4.90 Å². The van der Waals surface area contributed by atoms with E-state index in [2.05, 4.69) is 16.0 Å². The third-order valence-corrected chi connectivity index (χ3v) is 5.42. The summed E-state index contributed by atoms with van der Waals surface area (Å²) in [5.41, 5.74) is 1.26. The smallest absolute Gasteiger partial charge is 0.408 e. The number of rotatable bonds is 10. The van der Waals surface area contributed by atoms with Crippen LogP contribution in [0.4, 0.5) is 10.5 Å². The zero-order chi connectivity index (χ0) is 27.9. The first kappa shape index (κ1) is 28.3. The lowest BCUT2D eigenvalue weighted by molar-refractivity contribution is -0.115. The van der Waals surface area contributed by atoms with Crippen molar-refractivity contribution in [1.82, 2.24) is 15.5 Å². The molecule has 3 rings (SSSR count). The number of hydrogen-bond acceptors (Lipinski definition) is 7. The fraction of sp³-hybridized carbons (Fsp3) is 0.370. The first-order valence-corrected chi connectivity index (χ1v) is 12.1. The van der Waals surface area contributed by atoms with Gasteiger partial charge in [-0.1, -0.05) is 12.1 Å². The molecule has 0 spiro atoms. The number of benzene rings is 2. The SMILES string of the molecule is COCCCN1C(=O)c2ccc(C(=O)NCc3cccc(NC(=O)CNC(=O)OC(C)(C)C)c3)cc2C1=O. The lowest BCUT2D eigenvalue weighted by Gasteiger charge is -2.19. The maximum absolute atomic E-state index is 12.7. The number of alkyl carbamates (subject to hydrolysis) is 1. The molecule has 5 amide bonds. The summed E-state index contributed by atoms with van der Waals surface area (Å²) in [7, 11) is 1.55. The number of anilines is 1. The molecular weight excluding hydrogens is 492 g/mol. The molecule has 0 atom stereocenters. The van der Waals surface area contributed by atoms with Crippen molar-refractivity contribution in [2.24, 2.45) is 0 Å². The van der Waals surface area contributed by atoms with Crippen LogP contribution in [0.2, 0.25) is 0 Å². The van der Waals surface area contributed by atoms with Gasteiger partial charge in [0.15, 0.2) is 0 Å². The molecule has 11 heteroatoms. The Bertz CT molecular complexity index is 1240. The molecule has 0 saturated heterocycles. The number of nitrogens with one attached hydrogen (secondary N) is 3. The first-order valence-electron chi connectivity index (χ1n) is 12.1. The van der Waals surface area contributed by atoms with Gasteiger partial charge in [0, 0.05) is 38.1 Å². The summed E-state index contributed by atoms with van der Waals surface area (Å²) >= 11 is 0. The molecule has 1 heterocycles. The van der Waals surface area contributed by atoms with E-state index in [1.54, 1.807) is 52.1 Å². The molecule has 11 nitrogen and oxygen atoms in total. The maximum Gasteiger partial charge on any atom is 0.408 e. The molecule has 2 aromatic rings. The van der Waals surface area contributed by atoms with E-state index in [4.69, 9.17) is 9.47 Å². The molecule has 1 aliphatic heterocycles. The number of nitrogens with zero attached hydrogens (tertiary/aromatic N) is 1. The van der Waals surface area contributed by atoms with Gasteiger partial charge < -0.3 is 25.4 Å². The summed E-state index contributed by atoms with van der Waals surface area (Å²) < 4.78 is 10.1. The second-order valence-corrected chi connectivity index (χ2v) is 9.66.